The first-order valence-electron chi connectivity index (χ1n) is 8.27. The number of amides is 1. The molecule has 3 aromatic rings. The van der Waals surface area contributed by atoms with Crippen LogP contribution in [0.2, 0.25) is 0 Å². The zero-order valence-electron chi connectivity index (χ0n) is 13.8. The first-order chi connectivity index (χ1) is 12.3. The van der Waals surface area contributed by atoms with Crippen molar-refractivity contribution in [3.8, 4) is 11.4 Å². The molecule has 1 saturated heterocycles. The molecule has 0 spiro atoms. The molecule has 0 aromatic carbocycles. The monoisotopic (exact) mass is 339 g/mol. The fourth-order valence-electron chi connectivity index (χ4n) is 2.80. The zero-order chi connectivity index (χ0) is 17.2. The van der Waals surface area contributed by atoms with Crippen LogP contribution < -0.4 is 0 Å². The summed E-state index contributed by atoms with van der Waals surface area (Å²) in [5, 5.41) is 7.86. The average Bonchev–Trinajstić information content (AvgIpc) is 3.25. The molecule has 1 atom stereocenters. The summed E-state index contributed by atoms with van der Waals surface area (Å²) in [4.78, 5) is 22.7. The summed E-state index contributed by atoms with van der Waals surface area (Å²) in [6.07, 6.45) is 5.83. The van der Waals surface area contributed by atoms with E-state index in [0.29, 0.717) is 24.0 Å². The van der Waals surface area contributed by atoms with Crippen LogP contribution in [0.3, 0.4) is 0 Å². The van der Waals surface area contributed by atoms with Gasteiger partial charge in [-0.3, -0.25) is 9.78 Å². The van der Waals surface area contributed by atoms with Gasteiger partial charge in [0.2, 0.25) is 11.7 Å². The number of hydrogen-bond donors (Lipinski definition) is 0. The lowest BCUT2D eigenvalue weighted by Gasteiger charge is -2.37. The highest BCUT2D eigenvalue weighted by Gasteiger charge is 2.39. The van der Waals surface area contributed by atoms with Gasteiger partial charge in [-0.15, -0.1) is 0 Å². The molecule has 0 aliphatic carbocycles. The van der Waals surface area contributed by atoms with E-state index in [9.17, 15) is 4.79 Å². The molecule has 4 heterocycles. The normalized spacial score (nSPS) is 16.7. The van der Waals surface area contributed by atoms with E-state index in [-0.39, 0.29) is 11.9 Å². The standard InChI is InChI=1S/C17H17N5O3/c1-2-4-12-9-13(20-24-12)17(23)22-8-6-14(22)16-19-15(21-25-16)11-5-3-7-18-10-11/h3,5,7,9-10,14H,2,4,6,8H2,1H3. The topological polar surface area (TPSA) is 98.2 Å². The third-order valence-corrected chi connectivity index (χ3v) is 4.20. The van der Waals surface area contributed by atoms with Crippen LogP contribution in [0.15, 0.2) is 39.6 Å². The molecular weight excluding hydrogens is 322 g/mol. The van der Waals surface area contributed by atoms with Gasteiger partial charge in [-0.2, -0.15) is 4.98 Å². The Morgan fingerprint density at radius 1 is 1.36 bits per heavy atom. The summed E-state index contributed by atoms with van der Waals surface area (Å²) >= 11 is 0. The summed E-state index contributed by atoms with van der Waals surface area (Å²) in [5.74, 6) is 1.44. The van der Waals surface area contributed by atoms with E-state index >= 15 is 0 Å². The van der Waals surface area contributed by atoms with E-state index < -0.39 is 0 Å². The molecule has 1 fully saturated rings. The maximum atomic E-state index is 12.6. The number of pyridine rings is 1. The molecule has 128 valence electrons. The van der Waals surface area contributed by atoms with Gasteiger partial charge in [0.15, 0.2) is 5.69 Å². The smallest absolute Gasteiger partial charge is 0.276 e. The zero-order valence-corrected chi connectivity index (χ0v) is 13.8. The molecular formula is C17H17N5O3. The second-order valence-corrected chi connectivity index (χ2v) is 5.93. The van der Waals surface area contributed by atoms with Crippen molar-refractivity contribution in [2.24, 2.45) is 0 Å². The molecule has 0 saturated carbocycles. The largest absolute Gasteiger partial charge is 0.361 e. The molecule has 8 nitrogen and oxygen atoms in total. The van der Waals surface area contributed by atoms with Crippen LogP contribution in [0.25, 0.3) is 11.4 Å². The van der Waals surface area contributed by atoms with Crippen LogP contribution in [0.5, 0.6) is 0 Å². The molecule has 0 N–H and O–H groups in total. The summed E-state index contributed by atoms with van der Waals surface area (Å²) in [6.45, 7) is 2.68. The number of aryl methyl sites for hydroxylation is 1. The second kappa shape index (κ2) is 6.46. The molecule has 25 heavy (non-hydrogen) atoms. The van der Waals surface area contributed by atoms with E-state index in [0.717, 1.165) is 30.6 Å². The Morgan fingerprint density at radius 3 is 3.00 bits per heavy atom. The Labute approximate surface area is 143 Å². The Morgan fingerprint density at radius 2 is 2.28 bits per heavy atom. The lowest BCUT2D eigenvalue weighted by atomic mass is 10.0. The third-order valence-electron chi connectivity index (χ3n) is 4.20. The van der Waals surface area contributed by atoms with Crippen molar-refractivity contribution in [1.82, 2.24) is 25.2 Å². The summed E-state index contributed by atoms with van der Waals surface area (Å²) in [7, 11) is 0. The van der Waals surface area contributed by atoms with E-state index in [1.165, 1.54) is 0 Å². The Balaban J connectivity index is 1.50. The van der Waals surface area contributed by atoms with Gasteiger partial charge in [-0.05, 0) is 25.0 Å². The van der Waals surface area contributed by atoms with Crippen molar-refractivity contribution in [3.63, 3.8) is 0 Å². The van der Waals surface area contributed by atoms with Gasteiger partial charge in [0.05, 0.1) is 0 Å². The van der Waals surface area contributed by atoms with Crippen molar-refractivity contribution < 1.29 is 13.8 Å². The maximum Gasteiger partial charge on any atom is 0.276 e. The lowest BCUT2D eigenvalue weighted by molar-refractivity contribution is 0.0368. The minimum Gasteiger partial charge on any atom is -0.361 e. The number of likely N-dealkylation sites (tertiary alicyclic amines) is 1. The van der Waals surface area contributed by atoms with Crippen LogP contribution >= 0.6 is 0 Å². The fraction of sp³-hybridized carbons (Fsp3) is 0.353. The SMILES string of the molecule is CCCc1cc(C(=O)N2CCC2c2nc(-c3cccnc3)no2)no1. The minimum atomic E-state index is -0.225. The molecule has 3 aromatic heterocycles. The molecule has 1 amide bonds. The van der Waals surface area contributed by atoms with Crippen LogP contribution in [-0.4, -0.2) is 37.6 Å². The van der Waals surface area contributed by atoms with Crippen LogP contribution in [0.4, 0.5) is 0 Å². The highest BCUT2D eigenvalue weighted by molar-refractivity contribution is 5.93. The van der Waals surface area contributed by atoms with Gasteiger partial charge in [-0.25, -0.2) is 0 Å². The van der Waals surface area contributed by atoms with E-state index in [1.54, 1.807) is 23.4 Å². The van der Waals surface area contributed by atoms with Gasteiger partial charge in [0.1, 0.15) is 11.8 Å². The summed E-state index contributed by atoms with van der Waals surface area (Å²) < 4.78 is 10.5. The van der Waals surface area contributed by atoms with E-state index in [4.69, 9.17) is 9.05 Å². The maximum absolute atomic E-state index is 12.6. The van der Waals surface area contributed by atoms with Gasteiger partial charge >= 0.3 is 0 Å². The highest BCUT2D eigenvalue weighted by atomic mass is 16.5. The van der Waals surface area contributed by atoms with Crippen molar-refractivity contribution in [2.45, 2.75) is 32.2 Å². The molecule has 8 heteroatoms. The number of hydrogen-bond acceptors (Lipinski definition) is 7. The molecule has 1 aliphatic heterocycles. The quantitative estimate of drug-likeness (QED) is 0.704. The molecule has 1 aliphatic rings. The van der Waals surface area contributed by atoms with E-state index in [1.807, 2.05) is 19.1 Å². The fourth-order valence-corrected chi connectivity index (χ4v) is 2.80. The van der Waals surface area contributed by atoms with Gasteiger partial charge in [0, 0.05) is 37.0 Å². The van der Waals surface area contributed by atoms with Gasteiger partial charge in [0.25, 0.3) is 5.91 Å². The first kappa shape index (κ1) is 15.5. The first-order valence-corrected chi connectivity index (χ1v) is 8.27. The average molecular weight is 339 g/mol. The number of carbonyl (C=O) groups excluding carboxylic acids is 1. The molecule has 1 unspecified atom stereocenters. The van der Waals surface area contributed by atoms with Gasteiger partial charge in [-0.1, -0.05) is 17.2 Å². The summed E-state index contributed by atoms with van der Waals surface area (Å²) in [6, 6.07) is 5.14. The Bertz CT molecular complexity index is 873. The number of carbonyl (C=O) groups is 1. The second-order valence-electron chi connectivity index (χ2n) is 5.93. The Hall–Kier alpha value is -3.03. The number of aromatic nitrogens is 4. The molecule has 4 rings (SSSR count). The van der Waals surface area contributed by atoms with Crippen molar-refractivity contribution in [1.29, 1.82) is 0 Å². The summed E-state index contributed by atoms with van der Waals surface area (Å²) in [5.41, 5.74) is 1.09. The third kappa shape index (κ3) is 2.90. The van der Waals surface area contributed by atoms with Gasteiger partial charge < -0.3 is 13.9 Å². The van der Waals surface area contributed by atoms with Crippen molar-refractivity contribution >= 4 is 5.91 Å². The lowest BCUT2D eigenvalue weighted by Crippen LogP contribution is -2.45. The molecule has 0 bridgehead atoms. The highest BCUT2D eigenvalue weighted by Crippen LogP contribution is 2.34. The number of rotatable bonds is 5. The van der Waals surface area contributed by atoms with Crippen LogP contribution in [-0.2, 0) is 6.42 Å². The van der Waals surface area contributed by atoms with E-state index in [2.05, 4.69) is 20.3 Å². The number of nitrogens with zero attached hydrogens (tertiary/aromatic N) is 5. The van der Waals surface area contributed by atoms with Crippen LogP contribution in [0, 0.1) is 0 Å². The minimum absolute atomic E-state index is 0.177. The van der Waals surface area contributed by atoms with Crippen molar-refractivity contribution in [3.05, 3.63) is 47.9 Å². The van der Waals surface area contributed by atoms with Crippen LogP contribution in [0.1, 0.15) is 47.9 Å². The Kier molecular flexibility index (Phi) is 4.01. The predicted molar refractivity (Wildman–Crippen MR) is 86.4 cm³/mol. The molecule has 0 radical (unpaired) electrons. The predicted octanol–water partition coefficient (Wildman–Crippen LogP) is 2.66. The van der Waals surface area contributed by atoms with Crippen molar-refractivity contribution in [2.75, 3.05) is 6.54 Å².